The Morgan fingerprint density at radius 3 is 2.64 bits per heavy atom. The summed E-state index contributed by atoms with van der Waals surface area (Å²) in [5.74, 6) is -1.16. The number of rotatable bonds is 7. The topological polar surface area (TPSA) is 78.5 Å². The van der Waals surface area contributed by atoms with E-state index in [0.717, 1.165) is 23.4 Å². The lowest BCUT2D eigenvalue weighted by Gasteiger charge is -2.27. The van der Waals surface area contributed by atoms with Gasteiger partial charge < -0.3 is 10.6 Å². The van der Waals surface area contributed by atoms with E-state index in [0.29, 0.717) is 30.0 Å². The van der Waals surface area contributed by atoms with E-state index >= 15 is 0 Å². The minimum absolute atomic E-state index is 0.343. The van der Waals surface area contributed by atoms with Crippen LogP contribution >= 0.6 is 0 Å². The van der Waals surface area contributed by atoms with Crippen molar-refractivity contribution >= 4 is 23.4 Å². The summed E-state index contributed by atoms with van der Waals surface area (Å²) in [5, 5.41) is 5.92. The third-order valence-electron chi connectivity index (χ3n) is 4.90. The van der Waals surface area contributed by atoms with Crippen LogP contribution in [0.4, 0.5) is 5.69 Å². The van der Waals surface area contributed by atoms with Gasteiger partial charge in [0.15, 0.2) is 0 Å². The number of imide groups is 1. The summed E-state index contributed by atoms with van der Waals surface area (Å²) in [6.45, 7) is 3.65. The van der Waals surface area contributed by atoms with Gasteiger partial charge in [0.05, 0.1) is 11.1 Å². The maximum atomic E-state index is 12.8. The lowest BCUT2D eigenvalue weighted by atomic mass is 9.93. The number of allylic oxidation sites excluding steroid dienone is 1. The number of hydrogen-bond donors (Lipinski definition) is 2. The Labute approximate surface area is 147 Å². The molecule has 1 aromatic carbocycles. The molecule has 1 fully saturated rings. The average molecular weight is 341 g/mol. The summed E-state index contributed by atoms with van der Waals surface area (Å²) >= 11 is 0. The van der Waals surface area contributed by atoms with Gasteiger partial charge in [0.1, 0.15) is 6.04 Å². The maximum Gasteiger partial charge on any atom is 0.262 e. The number of carbonyl (C=O) groups excluding carboxylic acids is 3. The summed E-state index contributed by atoms with van der Waals surface area (Å²) < 4.78 is 0. The first kappa shape index (κ1) is 17.2. The van der Waals surface area contributed by atoms with Gasteiger partial charge in [-0.25, -0.2) is 0 Å². The lowest BCUT2D eigenvalue weighted by molar-refractivity contribution is -0.124. The molecule has 0 aromatic heterocycles. The van der Waals surface area contributed by atoms with Gasteiger partial charge in [-0.2, -0.15) is 0 Å². The summed E-state index contributed by atoms with van der Waals surface area (Å²) in [7, 11) is 1.50. The highest BCUT2D eigenvalue weighted by molar-refractivity contribution is 6.23. The molecule has 3 rings (SSSR count). The van der Waals surface area contributed by atoms with Crippen molar-refractivity contribution in [3.8, 4) is 0 Å². The molecular formula is C19H23N3O3. The third-order valence-corrected chi connectivity index (χ3v) is 4.90. The fraction of sp³-hybridized carbons (Fsp3) is 0.421. The van der Waals surface area contributed by atoms with Crippen molar-refractivity contribution in [2.24, 2.45) is 0 Å². The molecule has 25 heavy (non-hydrogen) atoms. The van der Waals surface area contributed by atoms with E-state index in [4.69, 9.17) is 0 Å². The Morgan fingerprint density at radius 1 is 1.32 bits per heavy atom. The molecule has 132 valence electrons. The standard InChI is InChI=1S/C19H23N3O3/c1-3-4-8-16(17(23)20-2)22-18(24)14-10-9-13(11-15(14)19(22)25)21-12-6-5-7-12/h3,9-12,16,21H,1,4-8H2,2H3,(H,20,23). The van der Waals surface area contributed by atoms with Gasteiger partial charge in [-0.05, 0) is 50.3 Å². The van der Waals surface area contributed by atoms with Crippen LogP contribution in [0.2, 0.25) is 0 Å². The van der Waals surface area contributed by atoms with Crippen LogP contribution in [0.5, 0.6) is 0 Å². The van der Waals surface area contributed by atoms with E-state index in [1.54, 1.807) is 18.2 Å². The van der Waals surface area contributed by atoms with Gasteiger partial charge in [-0.3, -0.25) is 19.3 Å². The molecule has 0 bridgehead atoms. The molecule has 6 nitrogen and oxygen atoms in total. The van der Waals surface area contributed by atoms with E-state index in [2.05, 4.69) is 17.2 Å². The van der Waals surface area contributed by atoms with Crippen LogP contribution in [0.15, 0.2) is 30.9 Å². The molecule has 1 aliphatic heterocycles. The van der Waals surface area contributed by atoms with Crippen molar-refractivity contribution in [1.29, 1.82) is 0 Å². The van der Waals surface area contributed by atoms with Crippen molar-refractivity contribution < 1.29 is 14.4 Å². The van der Waals surface area contributed by atoms with Crippen molar-refractivity contribution in [3.05, 3.63) is 42.0 Å². The Bertz CT molecular complexity index is 725. The molecule has 2 aliphatic rings. The van der Waals surface area contributed by atoms with Gasteiger partial charge >= 0.3 is 0 Å². The highest BCUT2D eigenvalue weighted by Gasteiger charge is 2.42. The molecule has 1 unspecified atom stereocenters. The second-order valence-corrected chi connectivity index (χ2v) is 6.51. The SMILES string of the molecule is C=CCCC(C(=O)NC)N1C(=O)c2ccc(NC3CCC3)cc2C1=O. The predicted octanol–water partition coefficient (Wildman–Crippen LogP) is 2.33. The van der Waals surface area contributed by atoms with Crippen LogP contribution in [0.25, 0.3) is 0 Å². The van der Waals surface area contributed by atoms with Crippen molar-refractivity contribution in [2.45, 2.75) is 44.2 Å². The maximum absolute atomic E-state index is 12.8. The van der Waals surface area contributed by atoms with Crippen LogP contribution in [-0.2, 0) is 4.79 Å². The number of nitrogens with one attached hydrogen (secondary N) is 2. The first-order chi connectivity index (χ1) is 12.1. The quantitative estimate of drug-likeness (QED) is 0.589. The molecule has 6 heteroatoms. The fourth-order valence-corrected chi connectivity index (χ4v) is 3.24. The highest BCUT2D eigenvalue weighted by Crippen LogP contribution is 2.30. The van der Waals surface area contributed by atoms with Gasteiger partial charge in [0.2, 0.25) is 5.91 Å². The molecule has 3 amide bonds. The molecule has 2 N–H and O–H groups in total. The van der Waals surface area contributed by atoms with Crippen molar-refractivity contribution in [2.75, 3.05) is 12.4 Å². The summed E-state index contributed by atoms with van der Waals surface area (Å²) in [6.07, 6.45) is 6.04. The predicted molar refractivity (Wildman–Crippen MR) is 95.5 cm³/mol. The minimum atomic E-state index is -0.821. The number of carbonyl (C=O) groups is 3. The zero-order valence-electron chi connectivity index (χ0n) is 14.4. The zero-order chi connectivity index (χ0) is 18.0. The van der Waals surface area contributed by atoms with Gasteiger partial charge in [0, 0.05) is 18.8 Å². The molecule has 0 radical (unpaired) electrons. The monoisotopic (exact) mass is 341 g/mol. The molecule has 1 aliphatic carbocycles. The normalized spacial score (nSPS) is 17.7. The van der Waals surface area contributed by atoms with Crippen LogP contribution in [0.1, 0.15) is 52.8 Å². The Morgan fingerprint density at radius 2 is 2.04 bits per heavy atom. The molecule has 1 heterocycles. The Kier molecular flexibility index (Phi) is 4.88. The second kappa shape index (κ2) is 7.09. The van der Waals surface area contributed by atoms with Gasteiger partial charge in [0.25, 0.3) is 11.8 Å². The summed E-state index contributed by atoms with van der Waals surface area (Å²) in [4.78, 5) is 38.8. The van der Waals surface area contributed by atoms with E-state index < -0.39 is 17.9 Å². The van der Waals surface area contributed by atoms with E-state index in [1.165, 1.54) is 13.5 Å². The summed E-state index contributed by atoms with van der Waals surface area (Å²) in [5.41, 5.74) is 1.56. The third kappa shape index (κ3) is 3.16. The smallest absolute Gasteiger partial charge is 0.262 e. The van der Waals surface area contributed by atoms with E-state index in [-0.39, 0.29) is 5.91 Å². The minimum Gasteiger partial charge on any atom is -0.382 e. The molecule has 0 saturated heterocycles. The molecule has 1 aromatic rings. The van der Waals surface area contributed by atoms with Crippen LogP contribution < -0.4 is 10.6 Å². The van der Waals surface area contributed by atoms with Crippen LogP contribution in [0, 0.1) is 0 Å². The van der Waals surface area contributed by atoms with Crippen molar-refractivity contribution in [3.63, 3.8) is 0 Å². The van der Waals surface area contributed by atoms with Gasteiger partial charge in [-0.15, -0.1) is 6.58 Å². The lowest BCUT2D eigenvalue weighted by Crippen LogP contribution is -2.48. The number of hydrogen-bond acceptors (Lipinski definition) is 4. The second-order valence-electron chi connectivity index (χ2n) is 6.51. The number of fused-ring (bicyclic) bond motifs is 1. The highest BCUT2D eigenvalue weighted by atomic mass is 16.2. The molecule has 1 saturated carbocycles. The molecular weight excluding hydrogens is 318 g/mol. The first-order valence-electron chi connectivity index (χ1n) is 8.67. The van der Waals surface area contributed by atoms with Gasteiger partial charge in [-0.1, -0.05) is 6.08 Å². The van der Waals surface area contributed by atoms with E-state index in [9.17, 15) is 14.4 Å². The fourth-order valence-electron chi connectivity index (χ4n) is 3.24. The number of likely N-dealkylation sites (N-methyl/N-ethyl adjacent to an activating group) is 1. The largest absolute Gasteiger partial charge is 0.382 e. The summed E-state index contributed by atoms with van der Waals surface area (Å²) in [6, 6.07) is 4.84. The van der Waals surface area contributed by atoms with E-state index in [1.807, 2.05) is 6.07 Å². The number of benzene rings is 1. The Hall–Kier alpha value is -2.63. The van der Waals surface area contributed by atoms with Crippen LogP contribution in [0.3, 0.4) is 0 Å². The number of amides is 3. The number of nitrogens with zero attached hydrogens (tertiary/aromatic N) is 1. The first-order valence-corrected chi connectivity index (χ1v) is 8.67. The van der Waals surface area contributed by atoms with Crippen molar-refractivity contribution in [1.82, 2.24) is 10.2 Å². The van der Waals surface area contributed by atoms with Crippen LogP contribution in [-0.4, -0.2) is 41.8 Å². The Balaban J connectivity index is 1.86. The molecule has 0 spiro atoms. The number of anilines is 1. The molecule has 1 atom stereocenters. The average Bonchev–Trinajstić information content (AvgIpc) is 2.83. The zero-order valence-corrected chi connectivity index (χ0v) is 14.4.